The van der Waals surface area contributed by atoms with E-state index in [1.165, 1.54) is 0 Å². The van der Waals surface area contributed by atoms with Crippen LogP contribution in [-0.4, -0.2) is 0 Å². The van der Waals surface area contributed by atoms with E-state index in [1.807, 2.05) is 170 Å². The average Bonchev–Trinajstić information content (AvgIpc) is 3.13. The van der Waals surface area contributed by atoms with E-state index in [0.717, 1.165) is 0 Å². The number of hydrogen-bond donors (Lipinski definition) is 0. The molecule has 49 heavy (non-hydrogen) atoms. The smallest absolute Gasteiger partial charge is 0.170 e. The van der Waals surface area contributed by atoms with Crippen molar-refractivity contribution in [2.75, 3.05) is 0 Å². The first kappa shape index (κ1) is 29.5. The zero-order valence-electron chi connectivity index (χ0n) is 26.0. The molecule has 7 aromatic carbocycles. The summed E-state index contributed by atoms with van der Waals surface area (Å²) in [5.41, 5.74) is 0. The van der Waals surface area contributed by atoms with Crippen molar-refractivity contribution in [3.8, 4) is 80.5 Å². The van der Waals surface area contributed by atoms with Crippen molar-refractivity contribution in [3.63, 3.8) is 0 Å². The molecular weight excluding hydrogens is 616 g/mol. The van der Waals surface area contributed by atoms with Gasteiger partial charge in [-0.3, -0.25) is 0 Å². The lowest BCUT2D eigenvalue weighted by Crippen LogP contribution is -1.95. The Morgan fingerprint density at radius 3 is 0.306 bits per heavy atom. The molecule has 0 saturated heterocycles. The molecule has 7 heteroatoms. The highest BCUT2D eigenvalue weighted by molar-refractivity contribution is 5.56. The number of ether oxygens (including phenoxy) is 7. The van der Waals surface area contributed by atoms with Gasteiger partial charge in [-0.1, -0.05) is 84.9 Å². The van der Waals surface area contributed by atoms with E-state index < -0.39 is 0 Å². The predicted molar refractivity (Wildman–Crippen MR) is 186 cm³/mol. The Morgan fingerprint density at radius 2 is 0.224 bits per heavy atom. The summed E-state index contributed by atoms with van der Waals surface area (Å²) < 4.78 is 45.1. The summed E-state index contributed by atoms with van der Waals surface area (Å²) in [6, 6.07) is 52.0. The van der Waals surface area contributed by atoms with E-state index in [0.29, 0.717) is 80.5 Å². The molecule has 7 nitrogen and oxygen atoms in total. The summed E-state index contributed by atoms with van der Waals surface area (Å²) in [5, 5.41) is 0. The van der Waals surface area contributed by atoms with E-state index in [4.69, 9.17) is 33.2 Å². The zero-order chi connectivity index (χ0) is 32.8. The van der Waals surface area contributed by atoms with Crippen molar-refractivity contribution in [1.29, 1.82) is 0 Å². The van der Waals surface area contributed by atoms with E-state index >= 15 is 0 Å². The molecular formula is C42H28O7. The Balaban J connectivity index is 1.27. The largest absolute Gasteiger partial charge is 0.450 e. The van der Waals surface area contributed by atoms with Gasteiger partial charge in [0, 0.05) is 0 Å². The molecule has 0 spiro atoms. The molecule has 1 heterocycles. The van der Waals surface area contributed by atoms with Gasteiger partial charge in [-0.15, -0.1) is 0 Å². The summed E-state index contributed by atoms with van der Waals surface area (Å²) in [5.74, 6) is 6.74. The third-order valence-electron chi connectivity index (χ3n) is 7.48. The highest BCUT2D eigenvalue weighted by Gasteiger charge is 2.19. The SMILES string of the molecule is c1ccc2c(c1)Oc1ccccc1Oc1ccccc1Oc1ccccc1Oc1ccccc1Oc1ccccc1Oc1ccccc1O2. The van der Waals surface area contributed by atoms with Crippen LogP contribution < -0.4 is 33.2 Å². The van der Waals surface area contributed by atoms with Crippen LogP contribution in [-0.2, 0) is 0 Å². The van der Waals surface area contributed by atoms with Crippen molar-refractivity contribution in [3.05, 3.63) is 170 Å². The molecule has 1 aliphatic rings. The lowest BCUT2D eigenvalue weighted by atomic mass is 10.2. The standard InChI is InChI=1S/C42H28O7/c1-2-16-30-29(15-1)43-31-17-3-4-18-32(31)45-35-21-7-8-22-36(35)47-39-25-11-12-26-40(39)49-42-28-14-13-27-41(42)48-38-24-10-9-23-37(38)46-34-20-6-5-19-33(34)44-30/h1-28H. The normalized spacial score (nSPS) is 12.0. The van der Waals surface area contributed by atoms with Crippen LogP contribution in [0.15, 0.2) is 170 Å². The van der Waals surface area contributed by atoms with Gasteiger partial charge in [0.25, 0.3) is 0 Å². The minimum Gasteiger partial charge on any atom is -0.450 e. The minimum absolute atomic E-state index is 0.482. The predicted octanol–water partition coefficient (Wildman–Crippen LogP) is 12.5. The number of hydrogen-bond acceptors (Lipinski definition) is 7. The quantitative estimate of drug-likeness (QED) is 0.163. The van der Waals surface area contributed by atoms with Crippen LogP contribution in [0.25, 0.3) is 0 Å². The number of rotatable bonds is 0. The first-order chi connectivity index (χ1) is 24.3. The first-order valence-electron chi connectivity index (χ1n) is 15.6. The van der Waals surface area contributed by atoms with Crippen molar-refractivity contribution >= 4 is 0 Å². The van der Waals surface area contributed by atoms with Gasteiger partial charge in [0.05, 0.1) is 0 Å². The van der Waals surface area contributed by atoms with E-state index in [-0.39, 0.29) is 0 Å². The van der Waals surface area contributed by atoms with Gasteiger partial charge >= 0.3 is 0 Å². The van der Waals surface area contributed by atoms with E-state index in [1.54, 1.807) is 0 Å². The molecule has 0 amide bonds. The zero-order valence-corrected chi connectivity index (χ0v) is 26.0. The molecule has 0 saturated carbocycles. The fraction of sp³-hybridized carbons (Fsp3) is 0. The monoisotopic (exact) mass is 644 g/mol. The molecule has 1 aliphatic heterocycles. The van der Waals surface area contributed by atoms with Gasteiger partial charge in [0.2, 0.25) is 0 Å². The van der Waals surface area contributed by atoms with Gasteiger partial charge in [0.15, 0.2) is 80.5 Å². The molecule has 238 valence electrons. The Hall–Kier alpha value is -6.86. The number of benzene rings is 7. The van der Waals surface area contributed by atoms with Crippen molar-refractivity contribution in [2.24, 2.45) is 0 Å². The average molecular weight is 645 g/mol. The van der Waals surface area contributed by atoms with Crippen LogP contribution >= 0.6 is 0 Å². The van der Waals surface area contributed by atoms with Crippen LogP contribution in [0.2, 0.25) is 0 Å². The second kappa shape index (κ2) is 13.5. The second-order valence-electron chi connectivity index (χ2n) is 10.8. The topological polar surface area (TPSA) is 64.6 Å². The molecule has 0 fully saturated rings. The summed E-state index contributed by atoms with van der Waals surface area (Å²) in [6.45, 7) is 0. The lowest BCUT2D eigenvalue weighted by molar-refractivity contribution is 0.371. The Kier molecular flexibility index (Phi) is 8.12. The molecule has 8 rings (SSSR count). The highest BCUT2D eigenvalue weighted by atomic mass is 16.6. The van der Waals surface area contributed by atoms with E-state index in [2.05, 4.69) is 0 Å². The van der Waals surface area contributed by atoms with E-state index in [9.17, 15) is 0 Å². The van der Waals surface area contributed by atoms with Gasteiger partial charge in [0.1, 0.15) is 0 Å². The highest BCUT2D eigenvalue weighted by Crippen LogP contribution is 2.47. The number of fused-ring (bicyclic) bond motifs is 7. The fourth-order valence-electron chi connectivity index (χ4n) is 5.16. The number of para-hydroxylation sites is 14. The van der Waals surface area contributed by atoms with Crippen molar-refractivity contribution < 1.29 is 33.2 Å². The summed E-state index contributed by atoms with van der Waals surface area (Å²) in [7, 11) is 0. The van der Waals surface area contributed by atoms with Crippen molar-refractivity contribution in [2.45, 2.75) is 0 Å². The van der Waals surface area contributed by atoms with Crippen LogP contribution in [0.5, 0.6) is 80.5 Å². The second-order valence-corrected chi connectivity index (χ2v) is 10.8. The van der Waals surface area contributed by atoms with Gasteiger partial charge in [-0.2, -0.15) is 0 Å². The minimum atomic E-state index is 0.482. The molecule has 0 atom stereocenters. The Morgan fingerprint density at radius 1 is 0.143 bits per heavy atom. The third-order valence-corrected chi connectivity index (χ3v) is 7.48. The van der Waals surface area contributed by atoms with Crippen LogP contribution in [0.1, 0.15) is 0 Å². The molecule has 0 bridgehead atoms. The maximum absolute atomic E-state index is 6.45. The van der Waals surface area contributed by atoms with Gasteiger partial charge < -0.3 is 33.2 Å². The van der Waals surface area contributed by atoms with Crippen molar-refractivity contribution in [1.82, 2.24) is 0 Å². The molecule has 0 aliphatic carbocycles. The summed E-state index contributed by atoms with van der Waals surface area (Å²) in [6.07, 6.45) is 0. The van der Waals surface area contributed by atoms with Crippen LogP contribution in [0.4, 0.5) is 0 Å². The molecule has 7 aromatic rings. The summed E-state index contributed by atoms with van der Waals surface area (Å²) >= 11 is 0. The first-order valence-corrected chi connectivity index (χ1v) is 15.6. The maximum Gasteiger partial charge on any atom is 0.170 e. The fourth-order valence-corrected chi connectivity index (χ4v) is 5.16. The van der Waals surface area contributed by atoms with Crippen LogP contribution in [0, 0.1) is 0 Å². The molecule has 0 N–H and O–H groups in total. The van der Waals surface area contributed by atoms with Crippen LogP contribution in [0.3, 0.4) is 0 Å². The lowest BCUT2D eigenvalue weighted by Gasteiger charge is -2.17. The van der Waals surface area contributed by atoms with Gasteiger partial charge in [-0.25, -0.2) is 0 Å². The third kappa shape index (κ3) is 6.54. The maximum atomic E-state index is 6.45. The van der Waals surface area contributed by atoms with Gasteiger partial charge in [-0.05, 0) is 84.9 Å². The molecule has 0 unspecified atom stereocenters. The summed E-state index contributed by atoms with van der Waals surface area (Å²) in [4.78, 5) is 0. The molecule has 0 aromatic heterocycles. The molecule has 0 radical (unpaired) electrons. The Labute approximate surface area is 283 Å². The Bertz CT molecular complexity index is 1650.